The minimum absolute atomic E-state index is 0.141. The molecule has 110 valence electrons. The first-order chi connectivity index (χ1) is 10.2. The number of rotatable bonds is 6. The van der Waals surface area contributed by atoms with Crippen molar-refractivity contribution in [3.8, 4) is 0 Å². The number of amides is 1. The number of benzene rings is 2. The molecule has 0 aliphatic rings. The van der Waals surface area contributed by atoms with Crippen LogP contribution in [-0.2, 0) is 13.0 Å². The van der Waals surface area contributed by atoms with E-state index in [0.29, 0.717) is 12.1 Å². The number of nitrogens with one attached hydrogen (secondary N) is 1. The van der Waals surface area contributed by atoms with Crippen LogP contribution in [0.15, 0.2) is 48.5 Å². The van der Waals surface area contributed by atoms with Crippen LogP contribution in [0.1, 0.15) is 27.9 Å². The van der Waals surface area contributed by atoms with Crippen molar-refractivity contribution in [2.24, 2.45) is 5.73 Å². The molecular formula is C17H20N2O2. The molecule has 0 fully saturated rings. The maximum absolute atomic E-state index is 12.2. The van der Waals surface area contributed by atoms with Gasteiger partial charge in [0.2, 0.25) is 0 Å². The minimum atomic E-state index is -0.141. The van der Waals surface area contributed by atoms with Crippen molar-refractivity contribution < 1.29 is 9.90 Å². The van der Waals surface area contributed by atoms with Crippen LogP contribution in [-0.4, -0.2) is 17.6 Å². The highest BCUT2D eigenvalue weighted by atomic mass is 16.2. The Balaban J connectivity index is 2.04. The third-order valence-electron chi connectivity index (χ3n) is 3.26. The van der Waals surface area contributed by atoms with E-state index in [1.54, 1.807) is 12.1 Å². The lowest BCUT2D eigenvalue weighted by molar-refractivity contribution is 0.102. The number of carbonyl (C=O) groups excluding carboxylic acids is 1. The lowest BCUT2D eigenvalue weighted by atomic mass is 10.1. The van der Waals surface area contributed by atoms with Crippen molar-refractivity contribution in [1.82, 2.24) is 0 Å². The second-order valence-electron chi connectivity index (χ2n) is 4.88. The fraction of sp³-hybridized carbons (Fsp3) is 0.235. The molecule has 2 rings (SSSR count). The monoisotopic (exact) mass is 284 g/mol. The van der Waals surface area contributed by atoms with Crippen LogP contribution in [0.5, 0.6) is 0 Å². The Morgan fingerprint density at radius 2 is 1.86 bits per heavy atom. The summed E-state index contributed by atoms with van der Waals surface area (Å²) in [6.07, 6.45) is 1.52. The van der Waals surface area contributed by atoms with Gasteiger partial charge >= 0.3 is 0 Å². The molecule has 0 aromatic heterocycles. The van der Waals surface area contributed by atoms with E-state index in [1.807, 2.05) is 36.4 Å². The van der Waals surface area contributed by atoms with Gasteiger partial charge in [-0.2, -0.15) is 0 Å². The predicted molar refractivity (Wildman–Crippen MR) is 84.1 cm³/mol. The van der Waals surface area contributed by atoms with Crippen molar-refractivity contribution in [1.29, 1.82) is 0 Å². The van der Waals surface area contributed by atoms with Gasteiger partial charge in [-0.15, -0.1) is 0 Å². The molecule has 1 amide bonds. The first-order valence-corrected chi connectivity index (χ1v) is 7.03. The number of nitrogens with two attached hydrogens (primary N) is 1. The van der Waals surface area contributed by atoms with Gasteiger partial charge in [-0.3, -0.25) is 4.79 Å². The Labute approximate surface area is 124 Å². The van der Waals surface area contributed by atoms with Gasteiger partial charge in [-0.25, -0.2) is 0 Å². The van der Waals surface area contributed by atoms with Gasteiger partial charge in [0.1, 0.15) is 0 Å². The van der Waals surface area contributed by atoms with Crippen LogP contribution in [0.25, 0.3) is 0 Å². The SMILES string of the molecule is NCc1ccc(C(=O)Nc2cccc(CCCO)c2)cc1. The van der Waals surface area contributed by atoms with Gasteiger partial charge in [0.05, 0.1) is 0 Å². The van der Waals surface area contributed by atoms with E-state index in [1.165, 1.54) is 0 Å². The van der Waals surface area contributed by atoms with Crippen LogP contribution in [0.2, 0.25) is 0 Å². The molecule has 0 heterocycles. The summed E-state index contributed by atoms with van der Waals surface area (Å²) in [5.74, 6) is -0.141. The maximum atomic E-state index is 12.2. The number of aliphatic hydroxyl groups excluding tert-OH is 1. The van der Waals surface area contributed by atoms with Crippen LogP contribution < -0.4 is 11.1 Å². The number of aryl methyl sites for hydroxylation is 1. The number of aliphatic hydroxyl groups is 1. The van der Waals surface area contributed by atoms with Crippen molar-refractivity contribution >= 4 is 11.6 Å². The average molecular weight is 284 g/mol. The van der Waals surface area contributed by atoms with Gasteiger partial charge in [-0.1, -0.05) is 24.3 Å². The maximum Gasteiger partial charge on any atom is 0.255 e. The smallest absolute Gasteiger partial charge is 0.255 e. The lowest BCUT2D eigenvalue weighted by Crippen LogP contribution is -2.12. The van der Waals surface area contributed by atoms with Gasteiger partial charge in [0, 0.05) is 24.4 Å². The van der Waals surface area contributed by atoms with Gasteiger partial charge in [-0.05, 0) is 48.2 Å². The standard InChI is InChI=1S/C17H20N2O2/c18-12-14-6-8-15(9-7-14)17(21)19-16-5-1-3-13(11-16)4-2-10-20/h1,3,5-9,11,20H,2,4,10,12,18H2,(H,19,21). The Morgan fingerprint density at radius 3 is 2.52 bits per heavy atom. The largest absolute Gasteiger partial charge is 0.396 e. The molecule has 2 aromatic carbocycles. The summed E-state index contributed by atoms with van der Waals surface area (Å²) >= 11 is 0. The minimum Gasteiger partial charge on any atom is -0.396 e. The van der Waals surface area contributed by atoms with E-state index < -0.39 is 0 Å². The summed E-state index contributed by atoms with van der Waals surface area (Å²) in [7, 11) is 0. The Kier molecular flexibility index (Phi) is 5.49. The van der Waals surface area contributed by atoms with Crippen LogP contribution in [0, 0.1) is 0 Å². The first-order valence-electron chi connectivity index (χ1n) is 7.03. The highest BCUT2D eigenvalue weighted by Gasteiger charge is 2.06. The zero-order valence-corrected chi connectivity index (χ0v) is 11.9. The fourth-order valence-electron chi connectivity index (χ4n) is 2.08. The molecular weight excluding hydrogens is 264 g/mol. The van der Waals surface area contributed by atoms with E-state index in [-0.39, 0.29) is 12.5 Å². The lowest BCUT2D eigenvalue weighted by Gasteiger charge is -2.08. The summed E-state index contributed by atoms with van der Waals surface area (Å²) < 4.78 is 0. The number of anilines is 1. The Morgan fingerprint density at radius 1 is 1.10 bits per heavy atom. The van der Waals surface area contributed by atoms with E-state index in [4.69, 9.17) is 10.8 Å². The second kappa shape index (κ2) is 7.57. The zero-order chi connectivity index (χ0) is 15.1. The molecule has 0 aliphatic carbocycles. The molecule has 4 nitrogen and oxygen atoms in total. The molecule has 0 radical (unpaired) electrons. The molecule has 0 spiro atoms. The van der Waals surface area contributed by atoms with Crippen molar-refractivity contribution in [3.05, 3.63) is 65.2 Å². The van der Waals surface area contributed by atoms with Gasteiger partial charge in [0.15, 0.2) is 0 Å². The quantitative estimate of drug-likeness (QED) is 0.762. The van der Waals surface area contributed by atoms with Gasteiger partial charge < -0.3 is 16.2 Å². The number of hydrogen-bond acceptors (Lipinski definition) is 3. The molecule has 0 saturated heterocycles. The van der Waals surface area contributed by atoms with Crippen molar-refractivity contribution in [2.45, 2.75) is 19.4 Å². The molecule has 0 unspecified atom stereocenters. The van der Waals surface area contributed by atoms with E-state index in [9.17, 15) is 4.79 Å². The molecule has 0 atom stereocenters. The summed E-state index contributed by atoms with van der Waals surface area (Å²) in [4.78, 5) is 12.2. The summed E-state index contributed by atoms with van der Waals surface area (Å²) in [6.45, 7) is 0.638. The summed E-state index contributed by atoms with van der Waals surface area (Å²) in [5, 5.41) is 11.7. The summed E-state index contributed by atoms with van der Waals surface area (Å²) in [5.41, 5.74) is 9.00. The topological polar surface area (TPSA) is 75.4 Å². The predicted octanol–water partition coefficient (Wildman–Crippen LogP) is 2.32. The molecule has 2 aromatic rings. The van der Waals surface area contributed by atoms with E-state index in [0.717, 1.165) is 29.7 Å². The Hall–Kier alpha value is -2.17. The molecule has 0 aliphatic heterocycles. The highest BCUT2D eigenvalue weighted by molar-refractivity contribution is 6.04. The van der Waals surface area contributed by atoms with Crippen LogP contribution in [0.4, 0.5) is 5.69 Å². The van der Waals surface area contributed by atoms with Crippen LogP contribution >= 0.6 is 0 Å². The second-order valence-corrected chi connectivity index (χ2v) is 4.88. The number of carbonyl (C=O) groups is 1. The van der Waals surface area contributed by atoms with Crippen LogP contribution in [0.3, 0.4) is 0 Å². The molecule has 4 heteroatoms. The van der Waals surface area contributed by atoms with E-state index in [2.05, 4.69) is 5.32 Å². The Bertz CT molecular complexity index is 594. The third-order valence-corrected chi connectivity index (χ3v) is 3.26. The highest BCUT2D eigenvalue weighted by Crippen LogP contribution is 2.14. The van der Waals surface area contributed by atoms with Gasteiger partial charge in [0.25, 0.3) is 5.91 Å². The molecule has 0 bridgehead atoms. The van der Waals surface area contributed by atoms with Crippen molar-refractivity contribution in [2.75, 3.05) is 11.9 Å². The molecule has 4 N–H and O–H groups in total. The summed E-state index contributed by atoms with van der Waals surface area (Å²) in [6, 6.07) is 14.9. The van der Waals surface area contributed by atoms with E-state index >= 15 is 0 Å². The zero-order valence-electron chi connectivity index (χ0n) is 11.9. The molecule has 0 saturated carbocycles. The normalized spacial score (nSPS) is 10.4. The first kappa shape index (κ1) is 15.2. The number of hydrogen-bond donors (Lipinski definition) is 3. The van der Waals surface area contributed by atoms with Crippen molar-refractivity contribution in [3.63, 3.8) is 0 Å². The third kappa shape index (κ3) is 4.41. The fourth-order valence-corrected chi connectivity index (χ4v) is 2.08. The average Bonchev–Trinajstić information content (AvgIpc) is 2.53. The molecule has 21 heavy (non-hydrogen) atoms.